The van der Waals surface area contributed by atoms with E-state index in [9.17, 15) is 4.79 Å². The molecule has 1 aromatic carbocycles. The Labute approximate surface area is 153 Å². The fourth-order valence-corrected chi connectivity index (χ4v) is 2.06. The van der Waals surface area contributed by atoms with Crippen molar-refractivity contribution in [1.29, 1.82) is 5.41 Å². The molecule has 1 rings (SSSR count). The van der Waals surface area contributed by atoms with Gasteiger partial charge in [0.05, 0.1) is 11.3 Å². The molecular formula is C19H25N5O2. The van der Waals surface area contributed by atoms with E-state index in [2.05, 4.69) is 22.2 Å². The summed E-state index contributed by atoms with van der Waals surface area (Å²) in [6, 6.07) is 5.18. The molecule has 0 amide bonds. The molecule has 138 valence electrons. The van der Waals surface area contributed by atoms with Gasteiger partial charge in [0.25, 0.3) is 0 Å². The van der Waals surface area contributed by atoms with Crippen LogP contribution in [-0.4, -0.2) is 43.3 Å². The zero-order valence-electron chi connectivity index (χ0n) is 15.3. The van der Waals surface area contributed by atoms with Crippen molar-refractivity contribution in [3.8, 4) is 11.8 Å². The molecular weight excluding hydrogens is 330 g/mol. The molecule has 7 N–H and O–H groups in total. The lowest BCUT2D eigenvalue weighted by Gasteiger charge is -2.15. The van der Waals surface area contributed by atoms with E-state index in [4.69, 9.17) is 22.0 Å². The first-order valence-electron chi connectivity index (χ1n) is 8.07. The summed E-state index contributed by atoms with van der Waals surface area (Å²) in [4.78, 5) is 15.0. The van der Waals surface area contributed by atoms with Crippen LogP contribution < -0.4 is 16.8 Å². The van der Waals surface area contributed by atoms with E-state index < -0.39 is 0 Å². The maximum atomic E-state index is 10.9. The van der Waals surface area contributed by atoms with Crippen molar-refractivity contribution in [1.82, 2.24) is 5.32 Å². The number of aliphatic imine (C=N–C) groups is 1. The number of rotatable bonds is 6. The molecule has 0 heterocycles. The van der Waals surface area contributed by atoms with Crippen LogP contribution in [0.3, 0.4) is 0 Å². The summed E-state index contributed by atoms with van der Waals surface area (Å²) in [5.41, 5.74) is 14.1. The Morgan fingerprint density at radius 3 is 2.69 bits per heavy atom. The Hall–Kier alpha value is -3.11. The minimum absolute atomic E-state index is 0.000923. The minimum atomic E-state index is -0.264. The molecule has 0 fully saturated rings. The van der Waals surface area contributed by atoms with Gasteiger partial charge < -0.3 is 21.9 Å². The highest BCUT2D eigenvalue weighted by molar-refractivity contribution is 6.22. The van der Waals surface area contributed by atoms with Gasteiger partial charge in [-0.15, -0.1) is 0 Å². The minimum Gasteiger partial charge on any atom is -0.396 e. The molecule has 0 aliphatic carbocycles. The highest BCUT2D eigenvalue weighted by Gasteiger charge is 2.14. The van der Waals surface area contributed by atoms with E-state index in [1.807, 2.05) is 13.8 Å². The number of hydrogen-bond acceptors (Lipinski definition) is 5. The number of carbonyl (C=O) groups is 1. The number of aliphatic hydroxyl groups is 1. The third-order valence-electron chi connectivity index (χ3n) is 3.66. The summed E-state index contributed by atoms with van der Waals surface area (Å²) in [6.07, 6.45) is 0.749. The largest absolute Gasteiger partial charge is 0.396 e. The molecule has 0 saturated carbocycles. The monoisotopic (exact) mass is 355 g/mol. The smallest absolute Gasteiger partial charge is 0.150 e. The number of nitrogens with zero attached hydrogens (tertiary/aromatic N) is 1. The number of nitrogens with one attached hydrogen (secondary N) is 2. The van der Waals surface area contributed by atoms with Crippen LogP contribution in [0.25, 0.3) is 0 Å². The van der Waals surface area contributed by atoms with Gasteiger partial charge in [-0.05, 0) is 30.4 Å². The predicted molar refractivity (Wildman–Crippen MR) is 104 cm³/mol. The van der Waals surface area contributed by atoms with Crippen molar-refractivity contribution in [2.75, 3.05) is 20.2 Å². The average molecular weight is 355 g/mol. The number of benzene rings is 1. The topological polar surface area (TPSA) is 138 Å². The van der Waals surface area contributed by atoms with Crippen molar-refractivity contribution in [3.05, 3.63) is 46.2 Å². The van der Waals surface area contributed by atoms with Crippen molar-refractivity contribution in [3.63, 3.8) is 0 Å². The zero-order valence-corrected chi connectivity index (χ0v) is 15.3. The zero-order chi connectivity index (χ0) is 19.7. The summed E-state index contributed by atoms with van der Waals surface area (Å²) >= 11 is 0. The van der Waals surface area contributed by atoms with Crippen LogP contribution in [-0.2, 0) is 0 Å². The lowest BCUT2D eigenvalue weighted by Crippen LogP contribution is -2.36. The van der Waals surface area contributed by atoms with E-state index in [1.54, 1.807) is 25.2 Å². The number of carbonyl (C=O) groups excluding carboxylic acids is 1. The summed E-state index contributed by atoms with van der Waals surface area (Å²) in [5.74, 6) is 5.77. The van der Waals surface area contributed by atoms with Gasteiger partial charge in [-0.1, -0.05) is 25.0 Å². The van der Waals surface area contributed by atoms with Crippen molar-refractivity contribution < 1.29 is 9.90 Å². The van der Waals surface area contributed by atoms with Crippen molar-refractivity contribution in [2.45, 2.75) is 13.8 Å². The SMILES string of the molecule is CN=C(NC[C@H](C)CO)/C(C(=N)N)=C(\N)C#Cc1cc(C=O)ccc1C. The van der Waals surface area contributed by atoms with Gasteiger partial charge in [-0.2, -0.15) is 0 Å². The van der Waals surface area contributed by atoms with Crippen molar-refractivity contribution in [2.24, 2.45) is 22.4 Å². The van der Waals surface area contributed by atoms with Gasteiger partial charge in [-0.25, -0.2) is 0 Å². The van der Waals surface area contributed by atoms with E-state index in [0.717, 1.165) is 11.8 Å². The predicted octanol–water partition coefficient (Wildman–Crippen LogP) is 0.554. The fraction of sp³-hybridized carbons (Fsp3) is 0.316. The molecule has 1 aromatic rings. The van der Waals surface area contributed by atoms with Gasteiger partial charge in [0.2, 0.25) is 0 Å². The van der Waals surface area contributed by atoms with Crippen LogP contribution in [0.15, 0.2) is 34.5 Å². The van der Waals surface area contributed by atoms with Crippen LogP contribution >= 0.6 is 0 Å². The molecule has 0 saturated heterocycles. The first-order chi connectivity index (χ1) is 12.3. The normalized spacial score (nSPS) is 13.2. The summed E-state index contributed by atoms with van der Waals surface area (Å²) in [5, 5.41) is 19.9. The summed E-state index contributed by atoms with van der Waals surface area (Å²) in [6.45, 7) is 4.20. The Morgan fingerprint density at radius 2 is 2.15 bits per heavy atom. The second kappa shape index (κ2) is 10.0. The Balaban J connectivity index is 3.24. The molecule has 0 radical (unpaired) electrons. The standard InChI is InChI=1S/C19H25N5O2/c1-12(10-25)9-24-19(23-3)17(18(21)22)16(20)7-6-15-8-14(11-26)5-4-13(15)2/h4-5,8,11-12,25H,9-10,20H2,1-3H3,(H3,21,22)(H,23,24)/b17-16-/t12-/m0/s1. The maximum absolute atomic E-state index is 10.9. The molecule has 26 heavy (non-hydrogen) atoms. The molecule has 0 unspecified atom stereocenters. The summed E-state index contributed by atoms with van der Waals surface area (Å²) in [7, 11) is 1.55. The van der Waals surface area contributed by atoms with Gasteiger partial charge in [0.1, 0.15) is 18.0 Å². The van der Waals surface area contributed by atoms with E-state index in [-0.39, 0.29) is 29.6 Å². The van der Waals surface area contributed by atoms with Crippen LogP contribution in [0.5, 0.6) is 0 Å². The van der Waals surface area contributed by atoms with Crippen LogP contribution in [0, 0.1) is 30.1 Å². The molecule has 0 aliphatic heterocycles. The van der Waals surface area contributed by atoms with E-state index in [0.29, 0.717) is 23.5 Å². The first-order valence-corrected chi connectivity index (χ1v) is 8.07. The molecule has 0 spiro atoms. The number of aldehydes is 1. The van der Waals surface area contributed by atoms with Crippen LogP contribution in [0.4, 0.5) is 0 Å². The van der Waals surface area contributed by atoms with Gasteiger partial charge in [-0.3, -0.25) is 15.2 Å². The molecule has 1 atom stereocenters. The second-order valence-corrected chi connectivity index (χ2v) is 5.89. The van der Waals surface area contributed by atoms with Crippen molar-refractivity contribution >= 4 is 18.0 Å². The quantitative estimate of drug-likeness (QED) is 0.220. The number of nitrogens with two attached hydrogens (primary N) is 2. The van der Waals surface area contributed by atoms with Gasteiger partial charge in [0.15, 0.2) is 0 Å². The lowest BCUT2D eigenvalue weighted by molar-refractivity contribution is 0.112. The lowest BCUT2D eigenvalue weighted by atomic mass is 10.1. The Morgan fingerprint density at radius 1 is 1.46 bits per heavy atom. The highest BCUT2D eigenvalue weighted by atomic mass is 16.3. The van der Waals surface area contributed by atoms with Crippen LogP contribution in [0.1, 0.15) is 28.4 Å². The third kappa shape index (κ3) is 5.76. The molecule has 7 heteroatoms. The van der Waals surface area contributed by atoms with Gasteiger partial charge >= 0.3 is 0 Å². The van der Waals surface area contributed by atoms with Gasteiger partial charge in [0, 0.05) is 31.3 Å². The molecule has 0 aromatic heterocycles. The summed E-state index contributed by atoms with van der Waals surface area (Å²) < 4.78 is 0. The molecule has 7 nitrogen and oxygen atoms in total. The third-order valence-corrected chi connectivity index (χ3v) is 3.66. The number of aliphatic hydroxyl groups excluding tert-OH is 1. The van der Waals surface area contributed by atoms with E-state index >= 15 is 0 Å². The number of amidine groups is 2. The Bertz CT molecular complexity index is 800. The maximum Gasteiger partial charge on any atom is 0.150 e. The first kappa shape index (κ1) is 20.9. The second-order valence-electron chi connectivity index (χ2n) is 5.89. The fourth-order valence-electron chi connectivity index (χ4n) is 2.06. The molecule has 0 bridgehead atoms. The number of aryl methyl sites for hydroxylation is 1. The Kier molecular flexibility index (Phi) is 8.06. The average Bonchev–Trinajstić information content (AvgIpc) is 2.63. The highest BCUT2D eigenvalue weighted by Crippen LogP contribution is 2.09. The number of allylic oxidation sites excluding steroid dienone is 1. The van der Waals surface area contributed by atoms with Crippen LogP contribution in [0.2, 0.25) is 0 Å². The molecule has 0 aliphatic rings. The van der Waals surface area contributed by atoms with E-state index in [1.165, 1.54) is 0 Å². The number of hydrogen-bond donors (Lipinski definition) is 5.